The molecule has 0 spiro atoms. The van der Waals surface area contributed by atoms with Crippen molar-refractivity contribution in [3.8, 4) is 0 Å². The predicted octanol–water partition coefficient (Wildman–Crippen LogP) is 4.14. The van der Waals surface area contributed by atoms with Gasteiger partial charge in [-0.25, -0.2) is 0 Å². The van der Waals surface area contributed by atoms with Gasteiger partial charge in [0.2, 0.25) is 0 Å². The summed E-state index contributed by atoms with van der Waals surface area (Å²) in [5.41, 5.74) is 1.29. The van der Waals surface area contributed by atoms with Gasteiger partial charge in [0, 0.05) is 23.0 Å². The number of carbonyl (C=O) groups is 1. The first kappa shape index (κ1) is 14.7. The molecule has 0 unspecified atom stereocenters. The fraction of sp³-hybridized carbons (Fsp3) is 0.562. The fourth-order valence-corrected chi connectivity index (χ4v) is 2.85. The van der Waals surface area contributed by atoms with Crippen LogP contribution in [0.25, 0.3) is 0 Å². The first-order chi connectivity index (χ1) is 8.96. The Morgan fingerprint density at radius 1 is 1.32 bits per heavy atom. The van der Waals surface area contributed by atoms with Gasteiger partial charge in [0.1, 0.15) is 0 Å². The summed E-state index contributed by atoms with van der Waals surface area (Å²) in [6.07, 6.45) is 3.09. The maximum absolute atomic E-state index is 12.1. The van der Waals surface area contributed by atoms with E-state index in [1.54, 1.807) is 0 Å². The lowest BCUT2D eigenvalue weighted by Gasteiger charge is -2.36. The van der Waals surface area contributed by atoms with Gasteiger partial charge >= 0.3 is 0 Å². The first-order valence-corrected chi connectivity index (χ1v) is 7.77. The van der Waals surface area contributed by atoms with Crippen LogP contribution in [0, 0.1) is 5.41 Å². The number of hydrogen-bond donors (Lipinski definition) is 0. The van der Waals surface area contributed by atoms with Crippen LogP contribution in [0.4, 0.5) is 0 Å². The third-order valence-corrected chi connectivity index (χ3v) is 4.50. The number of carbonyl (C=O) groups excluding carboxylic acids is 1. The Kier molecular flexibility index (Phi) is 4.80. The standard InChI is InChI=1S/C16H22BrNO/c1-16(2)7-10-18(11-8-16)9-6-15(19)13-4-3-5-14(17)12-13/h3-5,12H,6-11H2,1-2H3. The molecule has 19 heavy (non-hydrogen) atoms. The number of ketones is 1. The minimum atomic E-state index is 0.242. The van der Waals surface area contributed by atoms with Gasteiger partial charge in [-0.3, -0.25) is 4.79 Å². The van der Waals surface area contributed by atoms with Crippen molar-refractivity contribution in [2.24, 2.45) is 5.41 Å². The molecular weight excluding hydrogens is 302 g/mol. The van der Waals surface area contributed by atoms with Crippen LogP contribution in [-0.2, 0) is 0 Å². The monoisotopic (exact) mass is 323 g/mol. The maximum Gasteiger partial charge on any atom is 0.164 e. The maximum atomic E-state index is 12.1. The molecule has 0 radical (unpaired) electrons. The van der Waals surface area contributed by atoms with E-state index in [2.05, 4.69) is 34.7 Å². The zero-order valence-electron chi connectivity index (χ0n) is 11.8. The quantitative estimate of drug-likeness (QED) is 0.776. The van der Waals surface area contributed by atoms with E-state index in [1.165, 1.54) is 12.8 Å². The van der Waals surface area contributed by atoms with Crippen LogP contribution in [-0.4, -0.2) is 30.3 Å². The van der Waals surface area contributed by atoms with Gasteiger partial charge in [0.15, 0.2) is 5.78 Å². The van der Waals surface area contributed by atoms with Gasteiger partial charge in [0.25, 0.3) is 0 Å². The summed E-state index contributed by atoms with van der Waals surface area (Å²) < 4.78 is 0.970. The summed E-state index contributed by atoms with van der Waals surface area (Å²) in [6, 6.07) is 7.66. The van der Waals surface area contributed by atoms with Gasteiger partial charge in [0.05, 0.1) is 0 Å². The topological polar surface area (TPSA) is 20.3 Å². The molecule has 2 nitrogen and oxygen atoms in total. The number of likely N-dealkylation sites (tertiary alicyclic amines) is 1. The van der Waals surface area contributed by atoms with Crippen molar-refractivity contribution < 1.29 is 4.79 Å². The highest BCUT2D eigenvalue weighted by atomic mass is 79.9. The van der Waals surface area contributed by atoms with Crippen molar-refractivity contribution in [3.63, 3.8) is 0 Å². The Morgan fingerprint density at radius 3 is 2.63 bits per heavy atom. The van der Waals surface area contributed by atoms with Gasteiger partial charge in [-0.1, -0.05) is 41.9 Å². The zero-order chi connectivity index (χ0) is 13.9. The summed E-state index contributed by atoms with van der Waals surface area (Å²) >= 11 is 3.41. The van der Waals surface area contributed by atoms with Crippen LogP contribution < -0.4 is 0 Å². The lowest BCUT2D eigenvalue weighted by molar-refractivity contribution is 0.0926. The molecule has 0 N–H and O–H groups in total. The normalized spacial score (nSPS) is 19.3. The Hall–Kier alpha value is -0.670. The molecule has 1 aliphatic heterocycles. The molecule has 0 amide bonds. The molecule has 0 aromatic heterocycles. The molecule has 0 saturated carbocycles. The van der Waals surface area contributed by atoms with E-state index in [9.17, 15) is 4.79 Å². The molecule has 2 rings (SSSR count). The van der Waals surface area contributed by atoms with E-state index in [1.807, 2.05) is 24.3 Å². The van der Waals surface area contributed by atoms with Gasteiger partial charge < -0.3 is 4.90 Å². The van der Waals surface area contributed by atoms with E-state index in [0.717, 1.165) is 29.7 Å². The molecule has 1 aromatic carbocycles. The van der Waals surface area contributed by atoms with Crippen LogP contribution >= 0.6 is 15.9 Å². The first-order valence-electron chi connectivity index (χ1n) is 6.97. The number of nitrogens with zero attached hydrogens (tertiary/aromatic N) is 1. The van der Waals surface area contributed by atoms with E-state index in [-0.39, 0.29) is 5.78 Å². The molecule has 0 atom stereocenters. The van der Waals surface area contributed by atoms with Crippen molar-refractivity contribution >= 4 is 21.7 Å². The molecule has 1 fully saturated rings. The van der Waals surface area contributed by atoms with Gasteiger partial charge in [-0.05, 0) is 43.5 Å². The predicted molar refractivity (Wildman–Crippen MR) is 82.5 cm³/mol. The van der Waals surface area contributed by atoms with Gasteiger partial charge in [-0.2, -0.15) is 0 Å². The van der Waals surface area contributed by atoms with Crippen LogP contribution in [0.2, 0.25) is 0 Å². The van der Waals surface area contributed by atoms with Crippen molar-refractivity contribution in [2.45, 2.75) is 33.1 Å². The summed E-state index contributed by atoms with van der Waals surface area (Å²) in [6.45, 7) is 7.80. The van der Waals surface area contributed by atoms with Crippen LogP contribution in [0.1, 0.15) is 43.5 Å². The van der Waals surface area contributed by atoms with Crippen molar-refractivity contribution in [3.05, 3.63) is 34.3 Å². The van der Waals surface area contributed by atoms with Crippen LogP contribution in [0.3, 0.4) is 0 Å². The summed E-state index contributed by atoms with van der Waals surface area (Å²) in [4.78, 5) is 14.5. The second-order valence-corrected chi connectivity index (χ2v) is 7.11. The molecule has 1 aromatic rings. The Labute approximate surface area is 124 Å². The van der Waals surface area contributed by atoms with E-state index in [4.69, 9.17) is 0 Å². The summed E-state index contributed by atoms with van der Waals surface area (Å²) in [7, 11) is 0. The average molecular weight is 324 g/mol. The number of benzene rings is 1. The van der Waals surface area contributed by atoms with Crippen molar-refractivity contribution in [1.29, 1.82) is 0 Å². The Bertz CT molecular complexity index is 446. The number of piperidine rings is 1. The number of hydrogen-bond acceptors (Lipinski definition) is 2. The fourth-order valence-electron chi connectivity index (χ4n) is 2.45. The van der Waals surface area contributed by atoms with Crippen LogP contribution in [0.15, 0.2) is 28.7 Å². The summed E-state index contributed by atoms with van der Waals surface area (Å²) in [5.74, 6) is 0.242. The second-order valence-electron chi connectivity index (χ2n) is 6.19. The van der Waals surface area contributed by atoms with E-state index >= 15 is 0 Å². The SMILES string of the molecule is CC1(C)CCN(CCC(=O)c2cccc(Br)c2)CC1. The van der Waals surface area contributed by atoms with E-state index < -0.39 is 0 Å². The molecule has 3 heteroatoms. The molecule has 1 aliphatic rings. The van der Waals surface area contributed by atoms with Crippen molar-refractivity contribution in [1.82, 2.24) is 4.90 Å². The highest BCUT2D eigenvalue weighted by Gasteiger charge is 2.25. The molecule has 1 heterocycles. The zero-order valence-corrected chi connectivity index (χ0v) is 13.4. The molecule has 0 bridgehead atoms. The lowest BCUT2D eigenvalue weighted by Crippen LogP contribution is -2.38. The molecule has 1 saturated heterocycles. The highest BCUT2D eigenvalue weighted by Crippen LogP contribution is 2.29. The van der Waals surface area contributed by atoms with Crippen LogP contribution in [0.5, 0.6) is 0 Å². The number of halogens is 1. The summed E-state index contributed by atoms with van der Waals surface area (Å²) in [5, 5.41) is 0. The third kappa shape index (κ3) is 4.43. The molecular formula is C16H22BrNO. The smallest absolute Gasteiger partial charge is 0.164 e. The Morgan fingerprint density at radius 2 is 2.00 bits per heavy atom. The van der Waals surface area contributed by atoms with Gasteiger partial charge in [-0.15, -0.1) is 0 Å². The minimum Gasteiger partial charge on any atom is -0.303 e. The number of Topliss-reactive ketones (excluding diaryl/α,β-unsaturated/α-hetero) is 1. The largest absolute Gasteiger partial charge is 0.303 e. The second kappa shape index (κ2) is 6.19. The van der Waals surface area contributed by atoms with E-state index in [0.29, 0.717) is 11.8 Å². The minimum absolute atomic E-state index is 0.242. The highest BCUT2D eigenvalue weighted by molar-refractivity contribution is 9.10. The Balaban J connectivity index is 1.81. The molecule has 104 valence electrons. The third-order valence-electron chi connectivity index (χ3n) is 4.01. The van der Waals surface area contributed by atoms with Crippen molar-refractivity contribution in [2.75, 3.05) is 19.6 Å². The number of rotatable bonds is 4. The molecule has 0 aliphatic carbocycles. The average Bonchev–Trinajstić information content (AvgIpc) is 2.37. The lowest BCUT2D eigenvalue weighted by atomic mass is 9.82.